The molecule has 14 heavy (non-hydrogen) atoms. The SMILES string of the molecule is COCCN1CCC(=O)NC(C)C1=O. The van der Waals surface area contributed by atoms with Crippen LogP contribution in [0.15, 0.2) is 0 Å². The summed E-state index contributed by atoms with van der Waals surface area (Å²) in [6.07, 6.45) is 0.375. The van der Waals surface area contributed by atoms with E-state index in [0.717, 1.165) is 0 Å². The molecule has 80 valence electrons. The third-order valence-corrected chi connectivity index (χ3v) is 2.23. The van der Waals surface area contributed by atoms with Gasteiger partial charge in [0.1, 0.15) is 6.04 Å². The minimum atomic E-state index is -0.415. The summed E-state index contributed by atoms with van der Waals surface area (Å²) in [6.45, 7) is 3.24. The number of hydrogen-bond acceptors (Lipinski definition) is 3. The van der Waals surface area contributed by atoms with Crippen molar-refractivity contribution in [3.8, 4) is 0 Å². The van der Waals surface area contributed by atoms with Gasteiger partial charge in [0, 0.05) is 26.6 Å². The van der Waals surface area contributed by atoms with E-state index in [1.54, 1.807) is 18.9 Å². The van der Waals surface area contributed by atoms with E-state index in [0.29, 0.717) is 26.1 Å². The van der Waals surface area contributed by atoms with Gasteiger partial charge in [-0.1, -0.05) is 0 Å². The van der Waals surface area contributed by atoms with E-state index in [4.69, 9.17) is 4.74 Å². The maximum Gasteiger partial charge on any atom is 0.244 e. The van der Waals surface area contributed by atoms with Gasteiger partial charge in [-0.05, 0) is 6.92 Å². The topological polar surface area (TPSA) is 58.6 Å². The van der Waals surface area contributed by atoms with Gasteiger partial charge in [0.25, 0.3) is 0 Å². The number of rotatable bonds is 3. The Morgan fingerprint density at radius 3 is 2.93 bits per heavy atom. The fourth-order valence-electron chi connectivity index (χ4n) is 1.42. The molecule has 0 saturated carbocycles. The van der Waals surface area contributed by atoms with Crippen LogP contribution in [0, 0.1) is 0 Å². The fourth-order valence-corrected chi connectivity index (χ4v) is 1.42. The van der Waals surface area contributed by atoms with Crippen molar-refractivity contribution in [1.29, 1.82) is 0 Å². The Labute approximate surface area is 83.4 Å². The average molecular weight is 200 g/mol. The summed E-state index contributed by atoms with van der Waals surface area (Å²) in [4.78, 5) is 24.4. The van der Waals surface area contributed by atoms with Crippen LogP contribution in [0.5, 0.6) is 0 Å². The molecule has 1 N–H and O–H groups in total. The lowest BCUT2D eigenvalue weighted by atomic mass is 10.3. The number of carbonyl (C=O) groups excluding carboxylic acids is 2. The predicted molar refractivity (Wildman–Crippen MR) is 50.7 cm³/mol. The Bertz CT molecular complexity index is 230. The standard InChI is InChI=1S/C9H16N2O3/c1-7-9(13)11(5-6-14-2)4-3-8(12)10-7/h7H,3-6H2,1-2H3,(H,10,12). The van der Waals surface area contributed by atoms with E-state index in [-0.39, 0.29) is 11.8 Å². The average Bonchev–Trinajstić information content (AvgIpc) is 2.26. The van der Waals surface area contributed by atoms with Gasteiger partial charge >= 0.3 is 0 Å². The second-order valence-electron chi connectivity index (χ2n) is 3.36. The van der Waals surface area contributed by atoms with Gasteiger partial charge in [-0.15, -0.1) is 0 Å². The number of nitrogens with one attached hydrogen (secondary N) is 1. The highest BCUT2D eigenvalue weighted by Gasteiger charge is 2.25. The van der Waals surface area contributed by atoms with Gasteiger partial charge in [-0.25, -0.2) is 0 Å². The molecule has 0 bridgehead atoms. The molecule has 2 amide bonds. The Morgan fingerprint density at radius 1 is 1.57 bits per heavy atom. The highest BCUT2D eigenvalue weighted by Crippen LogP contribution is 2.02. The van der Waals surface area contributed by atoms with E-state index in [1.165, 1.54) is 0 Å². The van der Waals surface area contributed by atoms with Crippen LogP contribution in [0.25, 0.3) is 0 Å². The van der Waals surface area contributed by atoms with Crippen molar-refractivity contribution in [3.63, 3.8) is 0 Å². The number of amides is 2. The summed E-state index contributed by atoms with van der Waals surface area (Å²) in [7, 11) is 1.59. The minimum Gasteiger partial charge on any atom is -0.383 e. The first-order valence-corrected chi connectivity index (χ1v) is 4.72. The van der Waals surface area contributed by atoms with Crippen LogP contribution < -0.4 is 5.32 Å². The zero-order valence-electron chi connectivity index (χ0n) is 8.58. The number of methoxy groups -OCH3 is 1. The Hall–Kier alpha value is -1.10. The van der Waals surface area contributed by atoms with Crippen molar-refractivity contribution < 1.29 is 14.3 Å². The summed E-state index contributed by atoms with van der Waals surface area (Å²) in [5, 5.41) is 2.63. The number of nitrogens with zero attached hydrogens (tertiary/aromatic N) is 1. The molecule has 1 atom stereocenters. The lowest BCUT2D eigenvalue weighted by Crippen LogP contribution is -2.43. The number of carbonyl (C=O) groups is 2. The van der Waals surface area contributed by atoms with Crippen LogP contribution in [0.1, 0.15) is 13.3 Å². The maximum absolute atomic E-state index is 11.7. The molecule has 0 spiro atoms. The Kier molecular flexibility index (Phi) is 3.88. The number of ether oxygens (including phenoxy) is 1. The summed E-state index contributed by atoms with van der Waals surface area (Å²) in [6, 6.07) is -0.415. The molecule has 1 aliphatic rings. The van der Waals surface area contributed by atoms with Crippen LogP contribution in [0.4, 0.5) is 0 Å². The normalized spacial score (nSPS) is 23.3. The van der Waals surface area contributed by atoms with Crippen molar-refractivity contribution in [3.05, 3.63) is 0 Å². The van der Waals surface area contributed by atoms with Gasteiger partial charge < -0.3 is 15.0 Å². The van der Waals surface area contributed by atoms with Crippen LogP contribution in [-0.2, 0) is 14.3 Å². The predicted octanol–water partition coefficient (Wildman–Crippen LogP) is -0.630. The van der Waals surface area contributed by atoms with Gasteiger partial charge in [0.05, 0.1) is 6.61 Å². The smallest absolute Gasteiger partial charge is 0.244 e. The van der Waals surface area contributed by atoms with Crippen LogP contribution in [-0.4, -0.2) is 49.6 Å². The molecule has 0 radical (unpaired) electrons. The van der Waals surface area contributed by atoms with Crippen molar-refractivity contribution in [2.75, 3.05) is 26.8 Å². The first-order chi connectivity index (χ1) is 6.65. The van der Waals surface area contributed by atoms with Crippen molar-refractivity contribution in [2.45, 2.75) is 19.4 Å². The minimum absolute atomic E-state index is 0.0344. The molecule has 1 aliphatic heterocycles. The molecular weight excluding hydrogens is 184 g/mol. The summed E-state index contributed by atoms with van der Waals surface area (Å²) in [5.74, 6) is -0.0985. The zero-order chi connectivity index (χ0) is 10.6. The van der Waals surface area contributed by atoms with Crippen LogP contribution in [0.3, 0.4) is 0 Å². The molecule has 1 heterocycles. The van der Waals surface area contributed by atoms with Crippen LogP contribution >= 0.6 is 0 Å². The second kappa shape index (κ2) is 4.95. The summed E-state index contributed by atoms with van der Waals surface area (Å²) in [5.41, 5.74) is 0. The van der Waals surface area contributed by atoms with Crippen molar-refractivity contribution in [2.24, 2.45) is 0 Å². The first-order valence-electron chi connectivity index (χ1n) is 4.72. The molecule has 1 saturated heterocycles. The Balaban J connectivity index is 2.56. The summed E-state index contributed by atoms with van der Waals surface area (Å²) >= 11 is 0. The van der Waals surface area contributed by atoms with Crippen molar-refractivity contribution >= 4 is 11.8 Å². The lowest BCUT2D eigenvalue weighted by Gasteiger charge is -2.21. The molecule has 0 aromatic carbocycles. The van der Waals surface area contributed by atoms with E-state index < -0.39 is 6.04 Å². The van der Waals surface area contributed by atoms with Gasteiger partial charge in [-0.3, -0.25) is 9.59 Å². The second-order valence-corrected chi connectivity index (χ2v) is 3.36. The summed E-state index contributed by atoms with van der Waals surface area (Å²) < 4.78 is 4.90. The lowest BCUT2D eigenvalue weighted by molar-refractivity contribution is -0.133. The monoisotopic (exact) mass is 200 g/mol. The third-order valence-electron chi connectivity index (χ3n) is 2.23. The largest absolute Gasteiger partial charge is 0.383 e. The van der Waals surface area contributed by atoms with Crippen molar-refractivity contribution in [1.82, 2.24) is 10.2 Å². The van der Waals surface area contributed by atoms with E-state index in [1.807, 2.05) is 0 Å². The maximum atomic E-state index is 11.7. The third kappa shape index (κ3) is 2.70. The molecule has 0 aromatic rings. The highest BCUT2D eigenvalue weighted by molar-refractivity contribution is 5.89. The quantitative estimate of drug-likeness (QED) is 0.660. The van der Waals surface area contributed by atoms with E-state index in [2.05, 4.69) is 5.32 Å². The molecule has 5 nitrogen and oxygen atoms in total. The first kappa shape index (κ1) is 11.0. The van der Waals surface area contributed by atoms with Gasteiger partial charge in [-0.2, -0.15) is 0 Å². The molecule has 5 heteroatoms. The van der Waals surface area contributed by atoms with E-state index in [9.17, 15) is 9.59 Å². The fraction of sp³-hybridized carbons (Fsp3) is 0.778. The molecule has 1 rings (SSSR count). The van der Waals surface area contributed by atoms with Gasteiger partial charge in [0.2, 0.25) is 11.8 Å². The molecular formula is C9H16N2O3. The van der Waals surface area contributed by atoms with Crippen LogP contribution in [0.2, 0.25) is 0 Å². The molecule has 1 fully saturated rings. The molecule has 0 aliphatic carbocycles. The van der Waals surface area contributed by atoms with Gasteiger partial charge in [0.15, 0.2) is 0 Å². The van der Waals surface area contributed by atoms with E-state index >= 15 is 0 Å². The highest BCUT2D eigenvalue weighted by atomic mass is 16.5. The molecule has 1 unspecified atom stereocenters. The zero-order valence-corrected chi connectivity index (χ0v) is 8.58. The molecule has 0 aromatic heterocycles. The Morgan fingerprint density at radius 2 is 2.29 bits per heavy atom. The number of hydrogen-bond donors (Lipinski definition) is 1.